The number of nitrogens with one attached hydrogen (secondary N) is 1. The van der Waals surface area contributed by atoms with Crippen LogP contribution in [-0.2, 0) is 18.9 Å². The molecule has 14 heteroatoms. The molecule has 0 aliphatic carbocycles. The molecule has 0 radical (unpaired) electrons. The Kier molecular flexibility index (Phi) is 6.68. The van der Waals surface area contributed by atoms with E-state index >= 15 is 0 Å². The van der Waals surface area contributed by atoms with Gasteiger partial charge in [-0.1, -0.05) is 12.1 Å². The lowest BCUT2D eigenvalue weighted by atomic mass is 10.1. The van der Waals surface area contributed by atoms with Crippen LogP contribution in [0.1, 0.15) is 38.6 Å². The Hall–Kier alpha value is -3.99. The van der Waals surface area contributed by atoms with Crippen LogP contribution in [0.3, 0.4) is 0 Å². The first-order valence-electron chi connectivity index (χ1n) is 10.3. The van der Waals surface area contributed by atoms with Crippen LogP contribution >= 0.6 is 15.9 Å². The first-order valence-corrected chi connectivity index (χ1v) is 11.1. The molecule has 0 aliphatic rings. The molecule has 0 bridgehead atoms. The second kappa shape index (κ2) is 9.47. The van der Waals surface area contributed by atoms with Crippen molar-refractivity contribution in [2.75, 3.05) is 5.32 Å². The first-order chi connectivity index (χ1) is 17.3. The van der Waals surface area contributed by atoms with Gasteiger partial charge in [0.1, 0.15) is 5.69 Å². The van der Waals surface area contributed by atoms with E-state index in [1.165, 1.54) is 43.5 Å². The Labute approximate surface area is 212 Å². The molecule has 4 aromatic rings. The molecule has 1 amide bonds. The van der Waals surface area contributed by atoms with E-state index in [-0.39, 0.29) is 17.6 Å². The standard InChI is InChI=1S/C23H13BrF6N6O/c1-11-18(19(23(28,29)30)35-36(11)10-13-4-2-12(8-31)3-5-13)34-21(37)16-7-17(22(25,26)27)33-20-15(16)6-14(24)9-32-20/h2-7,9H,10H2,1H3,(H,34,37). The summed E-state index contributed by atoms with van der Waals surface area (Å²) in [5, 5.41) is 14.5. The molecular weight excluding hydrogens is 570 g/mol. The summed E-state index contributed by atoms with van der Waals surface area (Å²) in [5.41, 5.74) is -3.72. The predicted molar refractivity (Wildman–Crippen MR) is 122 cm³/mol. The molecule has 0 atom stereocenters. The lowest BCUT2D eigenvalue weighted by molar-refractivity contribution is -0.141. The second-order valence-corrected chi connectivity index (χ2v) is 8.72. The van der Waals surface area contributed by atoms with Gasteiger partial charge in [-0.05, 0) is 52.7 Å². The van der Waals surface area contributed by atoms with Gasteiger partial charge in [0.15, 0.2) is 11.3 Å². The van der Waals surface area contributed by atoms with Crippen molar-refractivity contribution in [3.05, 3.63) is 80.8 Å². The van der Waals surface area contributed by atoms with Crippen molar-refractivity contribution in [2.45, 2.75) is 25.8 Å². The highest BCUT2D eigenvalue weighted by molar-refractivity contribution is 9.10. The largest absolute Gasteiger partial charge is 0.437 e. The third-order valence-corrected chi connectivity index (χ3v) is 5.73. The lowest BCUT2D eigenvalue weighted by Gasteiger charge is -2.13. The van der Waals surface area contributed by atoms with E-state index in [1.54, 1.807) is 0 Å². The smallest absolute Gasteiger partial charge is 0.319 e. The Morgan fingerprint density at radius 1 is 1.11 bits per heavy atom. The van der Waals surface area contributed by atoms with Gasteiger partial charge in [0.2, 0.25) is 0 Å². The summed E-state index contributed by atoms with van der Waals surface area (Å²) in [5.74, 6) is -1.23. The van der Waals surface area contributed by atoms with Crippen molar-refractivity contribution in [3.63, 3.8) is 0 Å². The fourth-order valence-electron chi connectivity index (χ4n) is 3.50. The maximum Gasteiger partial charge on any atom is 0.437 e. The van der Waals surface area contributed by atoms with E-state index in [0.717, 1.165) is 4.68 Å². The molecule has 0 saturated heterocycles. The monoisotopic (exact) mass is 582 g/mol. The molecule has 37 heavy (non-hydrogen) atoms. The number of pyridine rings is 2. The zero-order valence-corrected chi connectivity index (χ0v) is 20.1. The number of benzene rings is 1. The number of amides is 1. The topological polar surface area (TPSA) is 96.5 Å². The minimum absolute atomic E-state index is 0.0845. The quantitative estimate of drug-likeness (QED) is 0.293. The number of hydrogen-bond donors (Lipinski definition) is 1. The van der Waals surface area contributed by atoms with E-state index in [9.17, 15) is 31.1 Å². The average Bonchev–Trinajstić information content (AvgIpc) is 3.13. The number of carbonyl (C=O) groups excluding carboxylic acids is 1. The fraction of sp³-hybridized carbons (Fsp3) is 0.174. The number of aromatic nitrogens is 4. The molecule has 4 rings (SSSR count). The van der Waals surface area contributed by atoms with Crippen molar-refractivity contribution >= 4 is 38.6 Å². The van der Waals surface area contributed by atoms with Crippen LogP contribution in [0.15, 0.2) is 47.1 Å². The maximum absolute atomic E-state index is 13.8. The highest BCUT2D eigenvalue weighted by atomic mass is 79.9. The lowest BCUT2D eigenvalue weighted by Crippen LogP contribution is -2.19. The van der Waals surface area contributed by atoms with E-state index in [1.807, 2.05) is 6.07 Å². The zero-order chi connectivity index (χ0) is 27.1. The molecule has 1 N–H and O–H groups in total. The molecule has 3 aromatic heterocycles. The number of nitrogens with zero attached hydrogens (tertiary/aromatic N) is 5. The third kappa shape index (κ3) is 5.41. The Bertz CT molecular complexity index is 1550. The molecule has 0 aliphatic heterocycles. The number of carbonyl (C=O) groups is 1. The summed E-state index contributed by atoms with van der Waals surface area (Å²) in [6.45, 7) is 1.16. The first kappa shape index (κ1) is 26.1. The molecule has 3 heterocycles. The summed E-state index contributed by atoms with van der Waals surface area (Å²) >= 11 is 3.11. The average molecular weight is 583 g/mol. The van der Waals surface area contributed by atoms with Gasteiger partial charge in [0.05, 0.1) is 35.1 Å². The van der Waals surface area contributed by atoms with Gasteiger partial charge in [-0.2, -0.15) is 36.7 Å². The van der Waals surface area contributed by atoms with Crippen LogP contribution in [0.4, 0.5) is 32.0 Å². The van der Waals surface area contributed by atoms with E-state index in [4.69, 9.17) is 5.26 Å². The number of halogens is 7. The van der Waals surface area contributed by atoms with Gasteiger partial charge in [-0.3, -0.25) is 9.48 Å². The molecule has 7 nitrogen and oxygen atoms in total. The molecule has 0 saturated carbocycles. The van der Waals surface area contributed by atoms with E-state index in [0.29, 0.717) is 21.7 Å². The summed E-state index contributed by atoms with van der Waals surface area (Å²) in [6.07, 6.45) is -8.74. The fourth-order valence-corrected chi connectivity index (χ4v) is 3.83. The van der Waals surface area contributed by atoms with Gasteiger partial charge in [0, 0.05) is 16.1 Å². The van der Waals surface area contributed by atoms with Crippen molar-refractivity contribution in [1.29, 1.82) is 5.26 Å². The van der Waals surface area contributed by atoms with Crippen LogP contribution in [0.5, 0.6) is 0 Å². The number of nitriles is 1. The number of fused-ring (bicyclic) bond motifs is 1. The summed E-state index contributed by atoms with van der Waals surface area (Å²) < 4.78 is 83.0. The Balaban J connectivity index is 1.78. The SMILES string of the molecule is Cc1c(NC(=O)c2cc(C(F)(F)F)nc3ncc(Br)cc23)c(C(F)(F)F)nn1Cc1ccc(C#N)cc1. The van der Waals surface area contributed by atoms with Gasteiger partial charge >= 0.3 is 12.4 Å². The van der Waals surface area contributed by atoms with Crippen molar-refractivity contribution in [2.24, 2.45) is 0 Å². The van der Waals surface area contributed by atoms with E-state index in [2.05, 4.69) is 36.3 Å². The maximum atomic E-state index is 13.8. The minimum atomic E-state index is -4.98. The normalized spacial score (nSPS) is 12.0. The molecule has 190 valence electrons. The highest BCUT2D eigenvalue weighted by Gasteiger charge is 2.40. The number of hydrogen-bond acceptors (Lipinski definition) is 5. The van der Waals surface area contributed by atoms with Crippen LogP contribution in [-0.4, -0.2) is 25.7 Å². The van der Waals surface area contributed by atoms with Gasteiger partial charge < -0.3 is 5.32 Å². The van der Waals surface area contributed by atoms with Crippen LogP contribution < -0.4 is 5.32 Å². The van der Waals surface area contributed by atoms with Gasteiger partial charge in [-0.15, -0.1) is 0 Å². The van der Waals surface area contributed by atoms with E-state index < -0.39 is 46.5 Å². The summed E-state index contributed by atoms with van der Waals surface area (Å²) in [7, 11) is 0. The van der Waals surface area contributed by atoms with Crippen LogP contribution in [0.25, 0.3) is 11.0 Å². The minimum Gasteiger partial charge on any atom is -0.319 e. The summed E-state index contributed by atoms with van der Waals surface area (Å²) in [6, 6.07) is 9.72. The molecule has 0 spiro atoms. The zero-order valence-electron chi connectivity index (χ0n) is 18.5. The van der Waals surface area contributed by atoms with Gasteiger partial charge in [-0.25, -0.2) is 9.97 Å². The van der Waals surface area contributed by atoms with Crippen LogP contribution in [0, 0.1) is 18.3 Å². The van der Waals surface area contributed by atoms with Gasteiger partial charge in [0.25, 0.3) is 5.91 Å². The number of anilines is 1. The summed E-state index contributed by atoms with van der Waals surface area (Å²) in [4.78, 5) is 20.3. The van der Waals surface area contributed by atoms with Crippen molar-refractivity contribution in [1.82, 2.24) is 19.7 Å². The third-order valence-electron chi connectivity index (χ3n) is 5.29. The molecule has 0 unspecified atom stereocenters. The highest BCUT2D eigenvalue weighted by Crippen LogP contribution is 2.37. The number of alkyl halides is 6. The second-order valence-electron chi connectivity index (χ2n) is 7.80. The molecule has 0 fully saturated rings. The van der Waals surface area contributed by atoms with Crippen LogP contribution in [0.2, 0.25) is 0 Å². The Morgan fingerprint density at radius 3 is 2.38 bits per heavy atom. The molecule has 1 aromatic carbocycles. The molecular formula is C23H13BrF6N6O. The number of rotatable bonds is 4. The Morgan fingerprint density at radius 2 is 1.78 bits per heavy atom. The van der Waals surface area contributed by atoms with Crippen molar-refractivity contribution < 1.29 is 31.1 Å². The predicted octanol–water partition coefficient (Wildman–Crippen LogP) is 6.11. The van der Waals surface area contributed by atoms with Crippen molar-refractivity contribution in [3.8, 4) is 6.07 Å².